The monoisotopic (exact) mass is 379 g/mol. The van der Waals surface area contributed by atoms with Crippen molar-refractivity contribution in [1.29, 1.82) is 0 Å². The average Bonchev–Trinajstić information content (AvgIpc) is 2.62. The molecule has 1 aromatic carbocycles. The third-order valence-corrected chi connectivity index (χ3v) is 7.05. The number of hydrogen-bond acceptors (Lipinski definition) is 4. The summed E-state index contributed by atoms with van der Waals surface area (Å²) in [4.78, 5) is 12.6. The number of hydrogen-bond donors (Lipinski definition) is 1. The molecule has 0 spiro atoms. The Bertz CT molecular complexity index is 717. The van der Waals surface area contributed by atoms with E-state index in [-0.39, 0.29) is 10.8 Å². The van der Waals surface area contributed by atoms with Gasteiger partial charge < -0.3 is 0 Å². The minimum absolute atomic E-state index is 0.184. The van der Waals surface area contributed by atoms with Crippen LogP contribution in [0.3, 0.4) is 0 Å². The molecule has 0 radical (unpaired) electrons. The van der Waals surface area contributed by atoms with Crippen LogP contribution in [0.15, 0.2) is 29.2 Å². The molecule has 7 heteroatoms. The van der Waals surface area contributed by atoms with E-state index in [9.17, 15) is 13.2 Å². The molecular formula is C19H29N3O3S. The molecule has 26 heavy (non-hydrogen) atoms. The first-order valence-electron chi connectivity index (χ1n) is 9.52. The molecule has 1 N–H and O–H groups in total. The molecule has 144 valence electrons. The Kier molecular flexibility index (Phi) is 5.99. The predicted molar refractivity (Wildman–Crippen MR) is 101 cm³/mol. The average molecular weight is 380 g/mol. The molecule has 2 atom stereocenters. The van der Waals surface area contributed by atoms with E-state index in [2.05, 4.69) is 19.3 Å². The van der Waals surface area contributed by atoms with Crippen LogP contribution in [0.25, 0.3) is 0 Å². The molecule has 1 aromatic rings. The number of rotatable bonds is 4. The lowest BCUT2D eigenvalue weighted by atomic mass is 9.94. The van der Waals surface area contributed by atoms with Crippen molar-refractivity contribution in [2.24, 2.45) is 11.8 Å². The number of benzene rings is 1. The number of sulfonamides is 1. The molecule has 0 aliphatic carbocycles. The Labute approximate surface area is 156 Å². The Hall–Kier alpha value is -1.44. The van der Waals surface area contributed by atoms with E-state index in [1.54, 1.807) is 28.6 Å². The summed E-state index contributed by atoms with van der Waals surface area (Å²) in [6.45, 7) is 7.03. The van der Waals surface area contributed by atoms with Crippen LogP contribution in [-0.4, -0.2) is 49.8 Å². The highest BCUT2D eigenvalue weighted by atomic mass is 32.2. The third-order valence-electron chi connectivity index (χ3n) is 5.21. The lowest BCUT2D eigenvalue weighted by molar-refractivity contribution is 0.0750. The fraction of sp³-hybridized carbons (Fsp3) is 0.632. The largest absolute Gasteiger partial charge is 0.285 e. The lowest BCUT2D eigenvalue weighted by Crippen LogP contribution is -2.45. The molecule has 0 saturated carbocycles. The van der Waals surface area contributed by atoms with E-state index < -0.39 is 10.0 Å². The van der Waals surface area contributed by atoms with Crippen LogP contribution in [0.4, 0.5) is 0 Å². The zero-order chi connectivity index (χ0) is 18.7. The zero-order valence-corrected chi connectivity index (χ0v) is 16.5. The first kappa shape index (κ1) is 19.3. The number of piperidine rings is 2. The normalized spacial score (nSPS) is 25.8. The SMILES string of the molecule is C[C@@H]1C[C@H](C)CN(S(=O)(=O)c2ccc(C(=O)NN3CCCCC3)cc2)C1. The van der Waals surface area contributed by atoms with Crippen LogP contribution in [-0.2, 0) is 10.0 Å². The van der Waals surface area contributed by atoms with Gasteiger partial charge >= 0.3 is 0 Å². The Balaban J connectivity index is 1.69. The third kappa shape index (κ3) is 4.45. The van der Waals surface area contributed by atoms with Gasteiger partial charge in [-0.2, -0.15) is 4.31 Å². The first-order chi connectivity index (χ1) is 12.4. The number of carbonyl (C=O) groups is 1. The Morgan fingerprint density at radius 3 is 2.15 bits per heavy atom. The van der Waals surface area contributed by atoms with E-state index >= 15 is 0 Å². The van der Waals surface area contributed by atoms with E-state index in [1.807, 2.05) is 5.01 Å². The van der Waals surface area contributed by atoms with Gasteiger partial charge in [0.2, 0.25) is 10.0 Å². The van der Waals surface area contributed by atoms with Crippen LogP contribution < -0.4 is 5.43 Å². The van der Waals surface area contributed by atoms with E-state index in [4.69, 9.17) is 0 Å². The highest BCUT2D eigenvalue weighted by Crippen LogP contribution is 2.26. The van der Waals surface area contributed by atoms with Gasteiger partial charge in [0.25, 0.3) is 5.91 Å². The number of carbonyl (C=O) groups excluding carboxylic acids is 1. The predicted octanol–water partition coefficient (Wildman–Crippen LogP) is 2.48. The second-order valence-electron chi connectivity index (χ2n) is 7.78. The van der Waals surface area contributed by atoms with Crippen LogP contribution in [0.5, 0.6) is 0 Å². The van der Waals surface area contributed by atoms with Crippen LogP contribution in [0, 0.1) is 11.8 Å². The first-order valence-corrected chi connectivity index (χ1v) is 11.0. The summed E-state index contributed by atoms with van der Waals surface area (Å²) in [5.41, 5.74) is 3.38. The van der Waals surface area contributed by atoms with Gasteiger partial charge in [-0.25, -0.2) is 13.4 Å². The number of nitrogens with zero attached hydrogens (tertiary/aromatic N) is 2. The summed E-state index contributed by atoms with van der Waals surface area (Å²) < 4.78 is 27.4. The maximum absolute atomic E-state index is 12.9. The summed E-state index contributed by atoms with van der Waals surface area (Å²) in [6, 6.07) is 6.29. The smallest absolute Gasteiger partial charge is 0.265 e. The van der Waals surface area contributed by atoms with Gasteiger partial charge in [0.15, 0.2) is 0 Å². The summed E-state index contributed by atoms with van der Waals surface area (Å²) in [6.07, 6.45) is 4.43. The molecule has 2 aliphatic rings. The van der Waals surface area contributed by atoms with Gasteiger partial charge in [0.05, 0.1) is 4.90 Å². The maximum atomic E-state index is 12.9. The van der Waals surface area contributed by atoms with Crippen LogP contribution >= 0.6 is 0 Å². The molecule has 3 rings (SSSR count). The molecule has 0 aromatic heterocycles. The second-order valence-corrected chi connectivity index (χ2v) is 9.72. The fourth-order valence-electron chi connectivity index (χ4n) is 3.94. The maximum Gasteiger partial charge on any atom is 0.265 e. The minimum Gasteiger partial charge on any atom is -0.285 e. The van der Waals surface area contributed by atoms with E-state index in [0.29, 0.717) is 30.5 Å². The molecule has 2 aliphatic heterocycles. The van der Waals surface area contributed by atoms with Crippen molar-refractivity contribution in [3.63, 3.8) is 0 Å². The van der Waals surface area contributed by atoms with Gasteiger partial charge in [0.1, 0.15) is 0 Å². The number of hydrazine groups is 1. The molecule has 2 saturated heterocycles. The van der Waals surface area contributed by atoms with Crippen molar-refractivity contribution >= 4 is 15.9 Å². The second kappa shape index (κ2) is 8.06. The van der Waals surface area contributed by atoms with Crippen molar-refractivity contribution in [2.45, 2.75) is 44.4 Å². The molecule has 6 nitrogen and oxygen atoms in total. The van der Waals surface area contributed by atoms with Crippen molar-refractivity contribution < 1.29 is 13.2 Å². The molecule has 1 amide bonds. The molecule has 2 fully saturated rings. The standard InChI is InChI=1S/C19H29N3O3S/c1-15-12-16(2)14-22(13-15)26(24,25)18-8-6-17(7-9-18)19(23)20-21-10-4-3-5-11-21/h6-9,15-16H,3-5,10-14H2,1-2H3,(H,20,23)/t15-,16+. The lowest BCUT2D eigenvalue weighted by Gasteiger charge is -2.34. The number of nitrogens with one attached hydrogen (secondary N) is 1. The Morgan fingerprint density at radius 2 is 1.58 bits per heavy atom. The fourth-order valence-corrected chi connectivity index (χ4v) is 5.62. The van der Waals surface area contributed by atoms with Gasteiger partial charge in [-0.1, -0.05) is 20.3 Å². The van der Waals surface area contributed by atoms with Crippen molar-refractivity contribution in [3.05, 3.63) is 29.8 Å². The van der Waals surface area contributed by atoms with E-state index in [1.165, 1.54) is 6.42 Å². The molecular weight excluding hydrogens is 350 g/mol. The van der Waals surface area contributed by atoms with Crippen molar-refractivity contribution in [1.82, 2.24) is 14.7 Å². The summed E-state index contributed by atoms with van der Waals surface area (Å²) in [5.74, 6) is 0.544. The van der Waals surface area contributed by atoms with Crippen LogP contribution in [0.2, 0.25) is 0 Å². The van der Waals surface area contributed by atoms with Crippen LogP contribution in [0.1, 0.15) is 49.9 Å². The Morgan fingerprint density at radius 1 is 1.00 bits per heavy atom. The minimum atomic E-state index is -3.51. The van der Waals surface area contributed by atoms with Gasteiger partial charge in [0, 0.05) is 31.7 Å². The van der Waals surface area contributed by atoms with Crippen molar-refractivity contribution in [3.8, 4) is 0 Å². The topological polar surface area (TPSA) is 69.7 Å². The van der Waals surface area contributed by atoms with Gasteiger partial charge in [-0.3, -0.25) is 10.2 Å². The molecule has 2 heterocycles. The van der Waals surface area contributed by atoms with E-state index in [0.717, 1.165) is 32.4 Å². The summed E-state index contributed by atoms with van der Waals surface area (Å²) in [7, 11) is -3.51. The number of amides is 1. The summed E-state index contributed by atoms with van der Waals surface area (Å²) >= 11 is 0. The highest BCUT2D eigenvalue weighted by molar-refractivity contribution is 7.89. The molecule has 0 bridgehead atoms. The van der Waals surface area contributed by atoms with Gasteiger partial charge in [-0.15, -0.1) is 0 Å². The highest BCUT2D eigenvalue weighted by Gasteiger charge is 2.31. The zero-order valence-electron chi connectivity index (χ0n) is 15.6. The molecule has 0 unspecified atom stereocenters. The quantitative estimate of drug-likeness (QED) is 0.873. The summed E-state index contributed by atoms with van der Waals surface area (Å²) in [5, 5.41) is 1.94. The van der Waals surface area contributed by atoms with Crippen molar-refractivity contribution in [2.75, 3.05) is 26.2 Å². The van der Waals surface area contributed by atoms with Gasteiger partial charge in [-0.05, 0) is 55.4 Å².